The van der Waals surface area contributed by atoms with Crippen LogP contribution in [-0.2, 0) is 0 Å². The standard InChI is InChI=1S/C10H19NO/c1-3-5-8(2)11-9-6-4-7-10(9)12/h3,8-12H,1,4-7H2,2H3. The molecular weight excluding hydrogens is 150 g/mol. The monoisotopic (exact) mass is 169 g/mol. The molecule has 1 aliphatic rings. The van der Waals surface area contributed by atoms with E-state index in [-0.39, 0.29) is 6.10 Å². The summed E-state index contributed by atoms with van der Waals surface area (Å²) in [7, 11) is 0. The molecule has 1 fully saturated rings. The van der Waals surface area contributed by atoms with Gasteiger partial charge >= 0.3 is 0 Å². The SMILES string of the molecule is C=CCC(C)NC1CCCC1O. The first kappa shape index (κ1) is 9.75. The fourth-order valence-corrected chi connectivity index (χ4v) is 1.82. The summed E-state index contributed by atoms with van der Waals surface area (Å²) in [5.41, 5.74) is 0. The predicted octanol–water partition coefficient (Wildman–Crippen LogP) is 1.45. The maximum Gasteiger partial charge on any atom is 0.0693 e. The molecule has 3 atom stereocenters. The maximum atomic E-state index is 9.52. The molecule has 0 bridgehead atoms. The van der Waals surface area contributed by atoms with Gasteiger partial charge < -0.3 is 10.4 Å². The van der Waals surface area contributed by atoms with E-state index >= 15 is 0 Å². The second-order valence-electron chi connectivity index (χ2n) is 3.70. The van der Waals surface area contributed by atoms with E-state index in [2.05, 4.69) is 18.8 Å². The van der Waals surface area contributed by atoms with E-state index in [9.17, 15) is 5.11 Å². The molecule has 0 aromatic carbocycles. The van der Waals surface area contributed by atoms with Crippen molar-refractivity contribution in [3.63, 3.8) is 0 Å². The number of rotatable bonds is 4. The second kappa shape index (κ2) is 4.63. The van der Waals surface area contributed by atoms with Crippen LogP contribution in [-0.4, -0.2) is 23.3 Å². The Balaban J connectivity index is 2.24. The first-order valence-electron chi connectivity index (χ1n) is 4.79. The van der Waals surface area contributed by atoms with Gasteiger partial charge in [-0.2, -0.15) is 0 Å². The van der Waals surface area contributed by atoms with Crippen molar-refractivity contribution in [2.75, 3.05) is 0 Å². The van der Waals surface area contributed by atoms with Gasteiger partial charge in [-0.05, 0) is 32.6 Å². The third-order valence-corrected chi connectivity index (χ3v) is 2.50. The van der Waals surface area contributed by atoms with Gasteiger partial charge in [0.05, 0.1) is 6.10 Å². The van der Waals surface area contributed by atoms with Crippen molar-refractivity contribution in [1.82, 2.24) is 5.32 Å². The van der Waals surface area contributed by atoms with Gasteiger partial charge in [0.15, 0.2) is 0 Å². The topological polar surface area (TPSA) is 32.3 Å². The predicted molar refractivity (Wildman–Crippen MR) is 51.1 cm³/mol. The van der Waals surface area contributed by atoms with Gasteiger partial charge in [-0.15, -0.1) is 6.58 Å². The molecule has 1 aliphatic carbocycles. The quantitative estimate of drug-likeness (QED) is 0.624. The van der Waals surface area contributed by atoms with E-state index < -0.39 is 0 Å². The minimum atomic E-state index is -0.128. The van der Waals surface area contributed by atoms with E-state index in [4.69, 9.17) is 0 Å². The van der Waals surface area contributed by atoms with Crippen molar-refractivity contribution in [3.05, 3.63) is 12.7 Å². The van der Waals surface area contributed by atoms with Gasteiger partial charge in [0, 0.05) is 12.1 Å². The smallest absolute Gasteiger partial charge is 0.0693 e. The van der Waals surface area contributed by atoms with Crippen LogP contribution in [0.1, 0.15) is 32.6 Å². The Labute approximate surface area is 74.7 Å². The molecule has 2 nitrogen and oxygen atoms in total. The highest BCUT2D eigenvalue weighted by Crippen LogP contribution is 2.19. The Kier molecular flexibility index (Phi) is 3.76. The van der Waals surface area contributed by atoms with Crippen LogP contribution in [0.15, 0.2) is 12.7 Å². The number of hydrogen-bond acceptors (Lipinski definition) is 2. The van der Waals surface area contributed by atoms with Crippen LogP contribution in [0.5, 0.6) is 0 Å². The lowest BCUT2D eigenvalue weighted by molar-refractivity contribution is 0.144. The van der Waals surface area contributed by atoms with Gasteiger partial charge in [-0.3, -0.25) is 0 Å². The van der Waals surface area contributed by atoms with Crippen LogP contribution >= 0.6 is 0 Å². The van der Waals surface area contributed by atoms with E-state index in [1.165, 1.54) is 0 Å². The lowest BCUT2D eigenvalue weighted by Gasteiger charge is -2.20. The van der Waals surface area contributed by atoms with Gasteiger partial charge in [0.2, 0.25) is 0 Å². The Morgan fingerprint density at radius 1 is 1.67 bits per heavy atom. The summed E-state index contributed by atoms with van der Waals surface area (Å²) in [6.45, 7) is 5.82. The van der Waals surface area contributed by atoms with Gasteiger partial charge in [-0.25, -0.2) is 0 Å². The molecular formula is C10H19NO. The number of aliphatic hydroxyl groups excluding tert-OH is 1. The molecule has 2 N–H and O–H groups in total. The molecule has 0 aromatic rings. The molecule has 0 saturated heterocycles. The lowest BCUT2D eigenvalue weighted by Crippen LogP contribution is -2.40. The minimum absolute atomic E-state index is 0.128. The highest BCUT2D eigenvalue weighted by molar-refractivity contribution is 4.86. The summed E-state index contributed by atoms with van der Waals surface area (Å²) in [4.78, 5) is 0. The molecule has 0 aromatic heterocycles. The fraction of sp³-hybridized carbons (Fsp3) is 0.800. The average molecular weight is 169 g/mol. The summed E-state index contributed by atoms with van der Waals surface area (Å²) >= 11 is 0. The van der Waals surface area contributed by atoms with Crippen LogP contribution in [0, 0.1) is 0 Å². The fourth-order valence-electron chi connectivity index (χ4n) is 1.82. The first-order chi connectivity index (χ1) is 5.74. The Morgan fingerprint density at radius 2 is 2.42 bits per heavy atom. The lowest BCUT2D eigenvalue weighted by atomic mass is 10.1. The second-order valence-corrected chi connectivity index (χ2v) is 3.70. The van der Waals surface area contributed by atoms with Crippen molar-refractivity contribution >= 4 is 0 Å². The Morgan fingerprint density at radius 3 is 2.92 bits per heavy atom. The van der Waals surface area contributed by atoms with E-state index in [1.807, 2.05) is 6.08 Å². The maximum absolute atomic E-state index is 9.52. The summed E-state index contributed by atoms with van der Waals surface area (Å²) in [6, 6.07) is 0.764. The Hall–Kier alpha value is -0.340. The van der Waals surface area contributed by atoms with Crippen LogP contribution in [0.3, 0.4) is 0 Å². The molecule has 12 heavy (non-hydrogen) atoms. The summed E-state index contributed by atoms with van der Waals surface area (Å²) < 4.78 is 0. The molecule has 2 heteroatoms. The Bertz CT molecular complexity index is 147. The van der Waals surface area contributed by atoms with Crippen LogP contribution < -0.4 is 5.32 Å². The molecule has 0 radical (unpaired) electrons. The zero-order valence-electron chi connectivity index (χ0n) is 7.79. The molecule has 1 saturated carbocycles. The summed E-state index contributed by atoms with van der Waals surface area (Å²) in [5.74, 6) is 0. The van der Waals surface area contributed by atoms with E-state index in [1.54, 1.807) is 0 Å². The average Bonchev–Trinajstić information content (AvgIpc) is 2.37. The number of nitrogens with one attached hydrogen (secondary N) is 1. The number of hydrogen-bond donors (Lipinski definition) is 2. The molecule has 1 rings (SSSR count). The summed E-state index contributed by atoms with van der Waals surface area (Å²) in [5, 5.41) is 12.9. The molecule has 70 valence electrons. The zero-order valence-corrected chi connectivity index (χ0v) is 7.79. The largest absolute Gasteiger partial charge is 0.392 e. The molecule has 0 aliphatic heterocycles. The first-order valence-corrected chi connectivity index (χ1v) is 4.79. The normalized spacial score (nSPS) is 31.8. The molecule has 0 heterocycles. The summed E-state index contributed by atoms with van der Waals surface area (Å²) in [6.07, 6.45) is 5.99. The van der Waals surface area contributed by atoms with Gasteiger partial charge in [0.25, 0.3) is 0 Å². The van der Waals surface area contributed by atoms with Crippen LogP contribution in [0.25, 0.3) is 0 Å². The highest BCUT2D eigenvalue weighted by Gasteiger charge is 2.25. The molecule has 0 amide bonds. The van der Waals surface area contributed by atoms with Crippen molar-refractivity contribution < 1.29 is 5.11 Å². The van der Waals surface area contributed by atoms with Crippen LogP contribution in [0.2, 0.25) is 0 Å². The van der Waals surface area contributed by atoms with Gasteiger partial charge in [0.1, 0.15) is 0 Å². The highest BCUT2D eigenvalue weighted by atomic mass is 16.3. The zero-order chi connectivity index (χ0) is 8.97. The van der Waals surface area contributed by atoms with Crippen molar-refractivity contribution in [2.24, 2.45) is 0 Å². The van der Waals surface area contributed by atoms with E-state index in [0.717, 1.165) is 25.7 Å². The van der Waals surface area contributed by atoms with Crippen molar-refractivity contribution in [2.45, 2.75) is 50.8 Å². The molecule has 3 unspecified atom stereocenters. The van der Waals surface area contributed by atoms with Crippen molar-refractivity contribution in [3.8, 4) is 0 Å². The van der Waals surface area contributed by atoms with Crippen molar-refractivity contribution in [1.29, 1.82) is 0 Å². The van der Waals surface area contributed by atoms with Crippen LogP contribution in [0.4, 0.5) is 0 Å². The third kappa shape index (κ3) is 2.61. The van der Waals surface area contributed by atoms with Gasteiger partial charge in [-0.1, -0.05) is 6.08 Å². The third-order valence-electron chi connectivity index (χ3n) is 2.50. The number of aliphatic hydroxyl groups is 1. The molecule has 0 spiro atoms. The van der Waals surface area contributed by atoms with E-state index in [0.29, 0.717) is 12.1 Å². The minimum Gasteiger partial charge on any atom is -0.392 e.